The number of carbonyl (C=O) groups excluding carboxylic acids is 1. The normalized spacial score (nSPS) is 18.8. The highest BCUT2D eigenvalue weighted by molar-refractivity contribution is 5.83. The summed E-state index contributed by atoms with van der Waals surface area (Å²) in [5.74, 6) is -0.0847. The summed E-state index contributed by atoms with van der Waals surface area (Å²) in [6, 6.07) is 7.41. The molecular formula is C16H21N3O2. The number of rotatable bonds is 4. The van der Waals surface area contributed by atoms with Crippen molar-refractivity contribution in [1.29, 1.82) is 0 Å². The van der Waals surface area contributed by atoms with Crippen molar-refractivity contribution in [3.05, 3.63) is 30.6 Å². The Morgan fingerprint density at radius 3 is 2.90 bits per heavy atom. The van der Waals surface area contributed by atoms with Crippen molar-refractivity contribution >= 4 is 16.9 Å². The van der Waals surface area contributed by atoms with E-state index in [4.69, 9.17) is 0 Å². The lowest BCUT2D eigenvalue weighted by Crippen LogP contribution is -2.42. The number of hydrogen-bond donors (Lipinski definition) is 2. The fraction of sp³-hybridized carbons (Fsp3) is 0.500. The highest BCUT2D eigenvalue weighted by Crippen LogP contribution is 2.28. The van der Waals surface area contributed by atoms with Gasteiger partial charge in [0.2, 0.25) is 5.91 Å². The van der Waals surface area contributed by atoms with Crippen LogP contribution < -0.4 is 5.32 Å². The van der Waals surface area contributed by atoms with E-state index >= 15 is 0 Å². The zero-order valence-corrected chi connectivity index (χ0v) is 12.2. The van der Waals surface area contributed by atoms with Gasteiger partial charge >= 0.3 is 0 Å². The fourth-order valence-corrected chi connectivity index (χ4v) is 3.02. The molecule has 0 radical (unpaired) electrons. The highest BCUT2D eigenvalue weighted by Gasteiger charge is 2.32. The summed E-state index contributed by atoms with van der Waals surface area (Å²) in [7, 11) is 0. The molecule has 1 saturated carbocycles. The van der Waals surface area contributed by atoms with E-state index in [9.17, 15) is 9.90 Å². The second kappa shape index (κ2) is 5.48. The van der Waals surface area contributed by atoms with E-state index in [-0.39, 0.29) is 11.9 Å². The molecule has 0 saturated heterocycles. The number of benzene rings is 1. The minimum absolute atomic E-state index is 0.0847. The van der Waals surface area contributed by atoms with Gasteiger partial charge in [0.1, 0.15) is 6.04 Å². The molecule has 1 heterocycles. The largest absolute Gasteiger partial charge is 0.388 e. The Kier molecular flexibility index (Phi) is 3.68. The number of nitrogens with zero attached hydrogens (tertiary/aromatic N) is 2. The maximum absolute atomic E-state index is 12.3. The number of fused-ring (bicyclic) bond motifs is 1. The van der Waals surface area contributed by atoms with E-state index in [1.165, 1.54) is 0 Å². The maximum atomic E-state index is 12.3. The van der Waals surface area contributed by atoms with E-state index in [2.05, 4.69) is 10.3 Å². The third-order valence-corrected chi connectivity index (χ3v) is 4.40. The standard InChI is InChI=1S/C16H21N3O2/c1-12(15(20)17-10-16(21)8-4-5-9-16)19-11-18-13-6-2-3-7-14(13)19/h2-3,6-7,11-12,21H,4-5,8-10H2,1H3,(H,17,20). The molecule has 1 amide bonds. The van der Waals surface area contributed by atoms with Gasteiger partial charge in [-0.25, -0.2) is 4.98 Å². The molecule has 112 valence electrons. The van der Waals surface area contributed by atoms with Crippen LogP contribution in [0.15, 0.2) is 30.6 Å². The molecule has 1 aliphatic carbocycles. The number of aliphatic hydroxyl groups is 1. The van der Waals surface area contributed by atoms with Crippen LogP contribution in [0.25, 0.3) is 11.0 Å². The van der Waals surface area contributed by atoms with Crippen molar-refractivity contribution in [2.45, 2.75) is 44.2 Å². The predicted octanol–water partition coefficient (Wildman–Crippen LogP) is 2.02. The van der Waals surface area contributed by atoms with Gasteiger partial charge < -0.3 is 15.0 Å². The van der Waals surface area contributed by atoms with Crippen LogP contribution in [0.4, 0.5) is 0 Å². The third kappa shape index (κ3) is 2.78. The smallest absolute Gasteiger partial charge is 0.242 e. The van der Waals surface area contributed by atoms with E-state index < -0.39 is 5.60 Å². The lowest BCUT2D eigenvalue weighted by molar-refractivity contribution is -0.125. The minimum Gasteiger partial charge on any atom is -0.388 e. The lowest BCUT2D eigenvalue weighted by Gasteiger charge is -2.24. The molecule has 1 aliphatic rings. The molecular weight excluding hydrogens is 266 g/mol. The third-order valence-electron chi connectivity index (χ3n) is 4.40. The van der Waals surface area contributed by atoms with Crippen LogP contribution in [0.5, 0.6) is 0 Å². The highest BCUT2D eigenvalue weighted by atomic mass is 16.3. The number of nitrogens with one attached hydrogen (secondary N) is 1. The SMILES string of the molecule is CC(C(=O)NCC1(O)CCCC1)n1cnc2ccccc21. The van der Waals surface area contributed by atoms with Crippen LogP contribution >= 0.6 is 0 Å². The molecule has 3 rings (SSSR count). The minimum atomic E-state index is -0.716. The summed E-state index contributed by atoms with van der Waals surface area (Å²) in [6.07, 6.45) is 5.31. The monoisotopic (exact) mass is 287 g/mol. The van der Waals surface area contributed by atoms with Gasteiger partial charge in [0.05, 0.1) is 23.0 Å². The summed E-state index contributed by atoms with van der Waals surface area (Å²) in [6.45, 7) is 2.19. The first-order chi connectivity index (χ1) is 10.1. The molecule has 5 heteroatoms. The lowest BCUT2D eigenvalue weighted by atomic mass is 10.0. The van der Waals surface area contributed by atoms with E-state index in [0.717, 1.165) is 36.7 Å². The number of hydrogen-bond acceptors (Lipinski definition) is 3. The van der Waals surface area contributed by atoms with Gasteiger partial charge in [-0.3, -0.25) is 4.79 Å². The molecule has 1 unspecified atom stereocenters. The van der Waals surface area contributed by atoms with E-state index in [0.29, 0.717) is 6.54 Å². The average molecular weight is 287 g/mol. The Morgan fingerprint density at radius 2 is 2.14 bits per heavy atom. The van der Waals surface area contributed by atoms with Crippen molar-refractivity contribution in [1.82, 2.24) is 14.9 Å². The summed E-state index contributed by atoms with van der Waals surface area (Å²) in [5.41, 5.74) is 1.11. The Hall–Kier alpha value is -1.88. The molecule has 1 aromatic heterocycles. The summed E-state index contributed by atoms with van der Waals surface area (Å²) >= 11 is 0. The Balaban J connectivity index is 1.69. The van der Waals surface area contributed by atoms with Crippen molar-refractivity contribution in [2.24, 2.45) is 0 Å². The predicted molar refractivity (Wildman–Crippen MR) is 80.9 cm³/mol. The van der Waals surface area contributed by atoms with Crippen LogP contribution in [-0.4, -0.2) is 32.7 Å². The van der Waals surface area contributed by atoms with Crippen molar-refractivity contribution in [3.63, 3.8) is 0 Å². The molecule has 21 heavy (non-hydrogen) atoms. The number of para-hydroxylation sites is 2. The van der Waals surface area contributed by atoms with E-state index in [1.54, 1.807) is 6.33 Å². The molecule has 1 fully saturated rings. The summed E-state index contributed by atoms with van der Waals surface area (Å²) in [4.78, 5) is 16.6. The van der Waals surface area contributed by atoms with Crippen molar-refractivity contribution in [2.75, 3.05) is 6.54 Å². The van der Waals surface area contributed by atoms with Crippen LogP contribution in [0, 0.1) is 0 Å². The molecule has 0 bridgehead atoms. The fourth-order valence-electron chi connectivity index (χ4n) is 3.02. The first-order valence-corrected chi connectivity index (χ1v) is 7.51. The van der Waals surface area contributed by atoms with Crippen LogP contribution in [-0.2, 0) is 4.79 Å². The van der Waals surface area contributed by atoms with Crippen molar-refractivity contribution in [3.8, 4) is 0 Å². The van der Waals surface area contributed by atoms with Gasteiger partial charge in [-0.15, -0.1) is 0 Å². The second-order valence-corrected chi connectivity index (χ2v) is 5.97. The van der Waals surface area contributed by atoms with Crippen LogP contribution in [0.3, 0.4) is 0 Å². The van der Waals surface area contributed by atoms with Crippen LogP contribution in [0.2, 0.25) is 0 Å². The van der Waals surface area contributed by atoms with Gasteiger partial charge in [0, 0.05) is 6.54 Å². The van der Waals surface area contributed by atoms with Crippen molar-refractivity contribution < 1.29 is 9.90 Å². The van der Waals surface area contributed by atoms with Gasteiger partial charge in [-0.05, 0) is 31.9 Å². The van der Waals surface area contributed by atoms with Gasteiger partial charge in [0.25, 0.3) is 0 Å². The van der Waals surface area contributed by atoms with Gasteiger partial charge in [0.15, 0.2) is 0 Å². The first kappa shape index (κ1) is 14.1. The number of amides is 1. The topological polar surface area (TPSA) is 67.2 Å². The number of imidazole rings is 1. The average Bonchev–Trinajstić information content (AvgIpc) is 3.11. The first-order valence-electron chi connectivity index (χ1n) is 7.51. The Morgan fingerprint density at radius 1 is 1.43 bits per heavy atom. The zero-order chi connectivity index (χ0) is 14.9. The molecule has 1 aromatic carbocycles. The maximum Gasteiger partial charge on any atom is 0.242 e. The molecule has 0 aliphatic heterocycles. The van der Waals surface area contributed by atoms with Gasteiger partial charge in [-0.2, -0.15) is 0 Å². The number of aromatic nitrogens is 2. The van der Waals surface area contributed by atoms with Crippen LogP contribution in [0.1, 0.15) is 38.6 Å². The zero-order valence-electron chi connectivity index (χ0n) is 12.2. The quantitative estimate of drug-likeness (QED) is 0.904. The molecule has 0 spiro atoms. The molecule has 5 nitrogen and oxygen atoms in total. The summed E-state index contributed by atoms with van der Waals surface area (Å²) in [5, 5.41) is 13.2. The van der Waals surface area contributed by atoms with E-state index in [1.807, 2.05) is 35.8 Å². The molecule has 1 atom stereocenters. The molecule has 2 aromatic rings. The Bertz CT molecular complexity index is 644. The second-order valence-electron chi connectivity index (χ2n) is 5.97. The number of carbonyl (C=O) groups is 1. The summed E-state index contributed by atoms with van der Waals surface area (Å²) < 4.78 is 1.86. The van der Waals surface area contributed by atoms with Gasteiger partial charge in [-0.1, -0.05) is 25.0 Å². The molecule has 2 N–H and O–H groups in total. The Labute approximate surface area is 124 Å².